The van der Waals surface area contributed by atoms with Crippen molar-refractivity contribution in [1.29, 1.82) is 0 Å². The second-order valence-corrected chi connectivity index (χ2v) is 3.90. The van der Waals surface area contributed by atoms with E-state index in [0.29, 0.717) is 12.3 Å². The van der Waals surface area contributed by atoms with Gasteiger partial charge in [-0.1, -0.05) is 32.6 Å². The fraction of sp³-hybridized carbons (Fsp3) is 0.636. The molecule has 96 valence electrons. The van der Waals surface area contributed by atoms with Gasteiger partial charge in [0.15, 0.2) is 16.8 Å². The molecule has 0 aliphatic heterocycles. The zero-order valence-electron chi connectivity index (χ0n) is 10.1. The Hall–Kier alpha value is -1.72. The quantitative estimate of drug-likeness (QED) is 0.335. The van der Waals surface area contributed by atoms with Gasteiger partial charge in [0.05, 0.1) is 0 Å². The third-order valence-corrected chi connectivity index (χ3v) is 2.37. The summed E-state index contributed by atoms with van der Waals surface area (Å²) in [5.41, 5.74) is 0. The van der Waals surface area contributed by atoms with Crippen molar-refractivity contribution in [2.24, 2.45) is 22.5 Å². The molecule has 0 bridgehead atoms. The average Bonchev–Trinajstić information content (AvgIpc) is 2.31. The van der Waals surface area contributed by atoms with Crippen molar-refractivity contribution in [2.75, 3.05) is 6.61 Å². The summed E-state index contributed by atoms with van der Waals surface area (Å²) in [6, 6.07) is 0. The lowest BCUT2D eigenvalue weighted by Gasteiger charge is -2.14. The van der Waals surface area contributed by atoms with Gasteiger partial charge in [-0.05, 0) is 12.0 Å². The third-order valence-electron chi connectivity index (χ3n) is 2.37. The molecule has 0 rings (SSSR count). The highest BCUT2D eigenvalue weighted by atomic mass is 16.7. The molecule has 17 heavy (non-hydrogen) atoms. The number of hydrogen-bond donors (Lipinski definition) is 0. The molecule has 0 aliphatic rings. The molecule has 0 spiro atoms. The normalized spacial score (nSPS) is 14.3. The van der Waals surface area contributed by atoms with Crippen LogP contribution in [0.4, 0.5) is 0 Å². The molecule has 0 N–H and O–H groups in total. The predicted octanol–water partition coefficient (Wildman–Crippen LogP) is 3.16. The van der Waals surface area contributed by atoms with Gasteiger partial charge in [0.1, 0.15) is 6.61 Å². The fourth-order valence-electron chi connectivity index (χ4n) is 1.21. The van der Waals surface area contributed by atoms with Crippen LogP contribution in [-0.2, 0) is 9.68 Å². The van der Waals surface area contributed by atoms with Gasteiger partial charge in [0, 0.05) is 12.3 Å². The summed E-state index contributed by atoms with van der Waals surface area (Å²) >= 11 is 0. The van der Waals surface area contributed by atoms with E-state index in [-0.39, 0.29) is 12.5 Å². The second kappa shape index (κ2) is 9.50. The van der Waals surface area contributed by atoms with Crippen LogP contribution >= 0.6 is 0 Å². The monoisotopic (exact) mass is 242 g/mol. The molecule has 0 saturated carbocycles. The molecule has 0 saturated heterocycles. The van der Waals surface area contributed by atoms with Gasteiger partial charge >= 0.3 is 0 Å². The summed E-state index contributed by atoms with van der Waals surface area (Å²) in [5, 5.41) is 4.72. The maximum Gasteiger partial charge on any atom is 0.155 e. The van der Waals surface area contributed by atoms with Gasteiger partial charge in [-0.25, -0.2) is 0 Å². The van der Waals surface area contributed by atoms with E-state index in [9.17, 15) is 9.81 Å². The van der Waals surface area contributed by atoms with Gasteiger partial charge in [0.2, 0.25) is 0 Å². The van der Waals surface area contributed by atoms with E-state index in [1.165, 1.54) is 6.08 Å². The molecule has 0 amide bonds. The minimum Gasteiger partial charge on any atom is -0.363 e. The number of hydrogen-bond acceptors (Lipinski definition) is 6. The van der Waals surface area contributed by atoms with Crippen molar-refractivity contribution in [2.45, 2.75) is 26.4 Å². The third kappa shape index (κ3) is 7.21. The summed E-state index contributed by atoms with van der Waals surface area (Å²) in [6.45, 7) is 7.79. The molecule has 0 aliphatic carbocycles. The second-order valence-electron chi connectivity index (χ2n) is 3.90. The van der Waals surface area contributed by atoms with Crippen molar-refractivity contribution >= 4 is 0 Å². The largest absolute Gasteiger partial charge is 0.363 e. The smallest absolute Gasteiger partial charge is 0.155 e. The maximum absolute atomic E-state index is 9.91. The first kappa shape index (κ1) is 15.3. The molecule has 0 heterocycles. The Morgan fingerprint density at radius 2 is 2.00 bits per heavy atom. The number of rotatable bonds is 10. The highest BCUT2D eigenvalue weighted by Crippen LogP contribution is 2.14. The summed E-state index contributed by atoms with van der Waals surface area (Å²) in [4.78, 5) is 28.8. The average molecular weight is 242 g/mol. The van der Waals surface area contributed by atoms with Gasteiger partial charge in [-0.3, -0.25) is 0 Å². The zero-order valence-corrected chi connectivity index (χ0v) is 10.1. The molecule has 0 aromatic carbocycles. The van der Waals surface area contributed by atoms with E-state index in [4.69, 9.17) is 0 Å². The van der Waals surface area contributed by atoms with Crippen molar-refractivity contribution in [3.8, 4) is 0 Å². The van der Waals surface area contributed by atoms with Crippen LogP contribution < -0.4 is 0 Å². The molecule has 0 radical (unpaired) electrons. The summed E-state index contributed by atoms with van der Waals surface area (Å²) in [7, 11) is 0. The molecule has 0 aromatic heterocycles. The highest BCUT2D eigenvalue weighted by molar-refractivity contribution is 4.94. The first-order valence-electron chi connectivity index (χ1n) is 5.38. The van der Waals surface area contributed by atoms with E-state index < -0.39 is 6.10 Å². The summed E-state index contributed by atoms with van der Waals surface area (Å²) in [6.07, 6.45) is 5.31. The molecule has 0 aromatic rings. The van der Waals surface area contributed by atoms with Crippen LogP contribution in [0.1, 0.15) is 20.3 Å². The van der Waals surface area contributed by atoms with Crippen LogP contribution in [0.2, 0.25) is 0 Å². The van der Waals surface area contributed by atoms with Crippen molar-refractivity contribution in [1.82, 2.24) is 0 Å². The Morgan fingerprint density at radius 1 is 1.29 bits per heavy atom. The molecular weight excluding hydrogens is 224 g/mol. The Balaban J connectivity index is 4.18. The van der Waals surface area contributed by atoms with Crippen LogP contribution in [0.5, 0.6) is 0 Å². The lowest BCUT2D eigenvalue weighted by atomic mass is 9.96. The molecular formula is C11H18N2O4. The Kier molecular flexibility index (Phi) is 8.54. The SMILES string of the molecule is C=CC(CC=CC(CON=O)C(C)C)ON=O. The highest BCUT2D eigenvalue weighted by Gasteiger charge is 2.11. The Morgan fingerprint density at radius 3 is 2.47 bits per heavy atom. The Bertz CT molecular complexity index is 266. The minimum atomic E-state index is -0.429. The maximum atomic E-state index is 9.91. The van der Waals surface area contributed by atoms with E-state index in [1.807, 2.05) is 26.0 Å². The van der Waals surface area contributed by atoms with Crippen LogP contribution in [0.3, 0.4) is 0 Å². The molecule has 2 unspecified atom stereocenters. The number of nitrogens with zero attached hydrogens (tertiary/aromatic N) is 2. The van der Waals surface area contributed by atoms with E-state index in [0.717, 1.165) is 0 Å². The van der Waals surface area contributed by atoms with E-state index in [1.54, 1.807) is 0 Å². The van der Waals surface area contributed by atoms with Gasteiger partial charge in [0.25, 0.3) is 0 Å². The fourth-order valence-corrected chi connectivity index (χ4v) is 1.21. The predicted molar refractivity (Wildman–Crippen MR) is 64.7 cm³/mol. The van der Waals surface area contributed by atoms with Crippen LogP contribution in [0, 0.1) is 21.6 Å². The topological polar surface area (TPSA) is 77.3 Å². The van der Waals surface area contributed by atoms with Crippen LogP contribution in [0.15, 0.2) is 35.5 Å². The summed E-state index contributed by atoms with van der Waals surface area (Å²) < 4.78 is 0. The lowest BCUT2D eigenvalue weighted by Crippen LogP contribution is -2.12. The van der Waals surface area contributed by atoms with Crippen LogP contribution in [-0.4, -0.2) is 12.7 Å². The van der Waals surface area contributed by atoms with Gasteiger partial charge in [-0.2, -0.15) is 0 Å². The van der Waals surface area contributed by atoms with E-state index in [2.05, 4.69) is 26.9 Å². The zero-order chi connectivity index (χ0) is 13.1. The Labute approximate surface area is 101 Å². The first-order chi connectivity index (χ1) is 8.15. The van der Waals surface area contributed by atoms with Gasteiger partial charge in [-0.15, -0.1) is 9.81 Å². The van der Waals surface area contributed by atoms with Crippen molar-refractivity contribution in [3.63, 3.8) is 0 Å². The standard InChI is InChI=1S/C11H18N2O4/c1-4-11(17-13-15)7-5-6-10(9(2)3)8-16-12-14/h4-6,9-11H,1,7-8H2,2-3H3. The van der Waals surface area contributed by atoms with Gasteiger partial charge < -0.3 is 9.68 Å². The summed E-state index contributed by atoms with van der Waals surface area (Å²) in [5.74, 6) is 0.405. The lowest BCUT2D eigenvalue weighted by molar-refractivity contribution is 0.0896. The minimum absolute atomic E-state index is 0.0855. The molecule has 6 heteroatoms. The molecule has 0 fully saturated rings. The van der Waals surface area contributed by atoms with Crippen LogP contribution in [0.25, 0.3) is 0 Å². The molecule has 2 atom stereocenters. The molecule has 6 nitrogen and oxygen atoms in total. The van der Waals surface area contributed by atoms with E-state index >= 15 is 0 Å². The van der Waals surface area contributed by atoms with Crippen molar-refractivity contribution < 1.29 is 9.68 Å². The first-order valence-corrected chi connectivity index (χ1v) is 5.38. The van der Waals surface area contributed by atoms with Crippen molar-refractivity contribution in [3.05, 3.63) is 34.6 Å².